The van der Waals surface area contributed by atoms with Crippen molar-refractivity contribution in [2.45, 2.75) is 6.54 Å². The fourth-order valence-corrected chi connectivity index (χ4v) is 2.31. The fraction of sp³-hybridized carbons (Fsp3) is 0.133. The first-order chi connectivity index (χ1) is 9.65. The number of carbonyl (C=O) groups excluding carboxylic acids is 1. The van der Waals surface area contributed by atoms with Gasteiger partial charge in [0.15, 0.2) is 6.61 Å². The van der Waals surface area contributed by atoms with Gasteiger partial charge in [-0.15, -0.1) is 0 Å². The minimum Gasteiger partial charge on any atom is -0.482 e. The van der Waals surface area contributed by atoms with E-state index in [2.05, 4.69) is 0 Å². The summed E-state index contributed by atoms with van der Waals surface area (Å²) in [6.45, 7) is 0.102. The lowest BCUT2D eigenvalue weighted by molar-refractivity contribution is -0.121. The number of amides is 1. The van der Waals surface area contributed by atoms with Gasteiger partial charge in [0.25, 0.3) is 5.91 Å². The molecular weight excluding hydrogens is 281 g/mol. The minimum atomic E-state index is -0.338. The molecule has 3 rings (SSSR count). The zero-order valence-corrected chi connectivity index (χ0v) is 11.2. The molecule has 0 aliphatic carbocycles. The Balaban J connectivity index is 1.99. The number of benzene rings is 2. The summed E-state index contributed by atoms with van der Waals surface area (Å²) in [6.07, 6.45) is 0. The van der Waals surface area contributed by atoms with Crippen LogP contribution >= 0.6 is 11.6 Å². The quantitative estimate of drug-likeness (QED) is 0.849. The van der Waals surface area contributed by atoms with Crippen molar-refractivity contribution in [2.24, 2.45) is 0 Å². The van der Waals surface area contributed by atoms with Crippen LogP contribution in [-0.2, 0) is 11.3 Å². The highest BCUT2D eigenvalue weighted by atomic mass is 35.5. The highest BCUT2D eigenvalue weighted by Crippen LogP contribution is 2.35. The average Bonchev–Trinajstić information content (AvgIpc) is 2.44. The molecule has 0 saturated carbocycles. The van der Waals surface area contributed by atoms with Crippen molar-refractivity contribution < 1.29 is 13.9 Å². The van der Waals surface area contributed by atoms with E-state index in [0.29, 0.717) is 22.0 Å². The van der Waals surface area contributed by atoms with Crippen molar-refractivity contribution >= 4 is 23.2 Å². The largest absolute Gasteiger partial charge is 0.482 e. The van der Waals surface area contributed by atoms with E-state index in [9.17, 15) is 9.18 Å². The predicted octanol–water partition coefficient (Wildman–Crippen LogP) is 3.40. The Morgan fingerprint density at radius 2 is 2.05 bits per heavy atom. The topological polar surface area (TPSA) is 29.5 Å². The highest BCUT2D eigenvalue weighted by Gasteiger charge is 2.26. The van der Waals surface area contributed by atoms with Crippen LogP contribution in [0.4, 0.5) is 10.1 Å². The first kappa shape index (κ1) is 12.9. The van der Waals surface area contributed by atoms with Gasteiger partial charge in [-0.3, -0.25) is 4.79 Å². The first-order valence-corrected chi connectivity index (χ1v) is 6.49. The van der Waals surface area contributed by atoms with Gasteiger partial charge in [0, 0.05) is 10.6 Å². The van der Waals surface area contributed by atoms with Crippen molar-refractivity contribution in [1.29, 1.82) is 0 Å². The van der Waals surface area contributed by atoms with Crippen molar-refractivity contribution in [1.82, 2.24) is 0 Å². The number of anilines is 1. The number of fused-ring (bicyclic) bond motifs is 1. The van der Waals surface area contributed by atoms with E-state index in [0.717, 1.165) is 0 Å². The Morgan fingerprint density at radius 3 is 2.85 bits per heavy atom. The van der Waals surface area contributed by atoms with Gasteiger partial charge in [-0.2, -0.15) is 0 Å². The van der Waals surface area contributed by atoms with E-state index in [-0.39, 0.29) is 24.9 Å². The molecule has 102 valence electrons. The van der Waals surface area contributed by atoms with Gasteiger partial charge in [0.1, 0.15) is 11.6 Å². The molecule has 0 fully saturated rings. The lowest BCUT2D eigenvalue weighted by Gasteiger charge is -2.29. The van der Waals surface area contributed by atoms with Gasteiger partial charge in [-0.1, -0.05) is 29.8 Å². The molecule has 1 aliphatic rings. The molecule has 0 N–H and O–H groups in total. The van der Waals surface area contributed by atoms with Crippen LogP contribution < -0.4 is 9.64 Å². The van der Waals surface area contributed by atoms with Gasteiger partial charge in [0.2, 0.25) is 0 Å². The number of halogens is 2. The second-order valence-electron chi connectivity index (χ2n) is 4.47. The fourth-order valence-electron chi connectivity index (χ4n) is 2.15. The second-order valence-corrected chi connectivity index (χ2v) is 4.91. The van der Waals surface area contributed by atoms with Crippen LogP contribution in [0.15, 0.2) is 42.5 Å². The van der Waals surface area contributed by atoms with Crippen LogP contribution in [0.2, 0.25) is 5.02 Å². The molecule has 0 bridgehead atoms. The Hall–Kier alpha value is -2.07. The number of ether oxygens (including phenoxy) is 1. The van der Waals surface area contributed by atoms with Gasteiger partial charge in [-0.25, -0.2) is 4.39 Å². The maximum Gasteiger partial charge on any atom is 0.265 e. The summed E-state index contributed by atoms with van der Waals surface area (Å²) in [5.74, 6) is 0.0173. The average molecular weight is 292 g/mol. The number of hydrogen-bond acceptors (Lipinski definition) is 2. The molecule has 5 heteroatoms. The molecule has 2 aromatic rings. The third kappa shape index (κ3) is 2.34. The van der Waals surface area contributed by atoms with Gasteiger partial charge in [0.05, 0.1) is 12.2 Å². The lowest BCUT2D eigenvalue weighted by atomic mass is 10.1. The molecule has 0 atom stereocenters. The molecule has 0 radical (unpaired) electrons. The van der Waals surface area contributed by atoms with E-state index in [4.69, 9.17) is 16.3 Å². The summed E-state index contributed by atoms with van der Waals surface area (Å²) < 4.78 is 19.1. The van der Waals surface area contributed by atoms with Crippen molar-refractivity contribution in [2.75, 3.05) is 11.5 Å². The zero-order chi connectivity index (χ0) is 14.1. The lowest BCUT2D eigenvalue weighted by Crippen LogP contribution is -2.38. The third-order valence-corrected chi connectivity index (χ3v) is 3.39. The van der Waals surface area contributed by atoms with Crippen molar-refractivity contribution in [3.8, 4) is 5.75 Å². The maximum atomic E-state index is 13.7. The Morgan fingerprint density at radius 1 is 1.25 bits per heavy atom. The highest BCUT2D eigenvalue weighted by molar-refractivity contribution is 6.31. The number of nitrogens with zero attached hydrogens (tertiary/aromatic N) is 1. The molecule has 3 nitrogen and oxygen atoms in total. The van der Waals surface area contributed by atoms with Crippen LogP contribution in [0.5, 0.6) is 5.75 Å². The van der Waals surface area contributed by atoms with Crippen LogP contribution in [-0.4, -0.2) is 12.5 Å². The Labute approximate surface area is 120 Å². The second kappa shape index (κ2) is 5.13. The summed E-state index contributed by atoms with van der Waals surface area (Å²) in [4.78, 5) is 13.5. The van der Waals surface area contributed by atoms with Gasteiger partial charge < -0.3 is 9.64 Å². The molecular formula is C15H11ClFNO2. The summed E-state index contributed by atoms with van der Waals surface area (Å²) in [6, 6.07) is 11.4. The molecule has 0 aromatic heterocycles. The van der Waals surface area contributed by atoms with E-state index in [1.807, 2.05) is 0 Å². The monoisotopic (exact) mass is 291 g/mol. The number of hydrogen-bond donors (Lipinski definition) is 0. The molecule has 1 amide bonds. The molecule has 0 spiro atoms. The van der Waals surface area contributed by atoms with Crippen molar-refractivity contribution in [3.05, 3.63) is 58.9 Å². The predicted molar refractivity (Wildman–Crippen MR) is 74.5 cm³/mol. The smallest absolute Gasteiger partial charge is 0.265 e. The number of rotatable bonds is 2. The van der Waals surface area contributed by atoms with E-state index < -0.39 is 0 Å². The normalized spacial score (nSPS) is 13.9. The van der Waals surface area contributed by atoms with Crippen LogP contribution in [0.1, 0.15) is 5.56 Å². The van der Waals surface area contributed by atoms with E-state index in [1.165, 1.54) is 11.0 Å². The first-order valence-electron chi connectivity index (χ1n) is 6.11. The maximum absolute atomic E-state index is 13.7. The van der Waals surface area contributed by atoms with Crippen molar-refractivity contribution in [3.63, 3.8) is 0 Å². The molecule has 2 aromatic carbocycles. The van der Waals surface area contributed by atoms with Crippen LogP contribution in [0.3, 0.4) is 0 Å². The van der Waals surface area contributed by atoms with E-state index >= 15 is 0 Å². The van der Waals surface area contributed by atoms with Gasteiger partial charge in [-0.05, 0) is 24.3 Å². The minimum absolute atomic E-state index is 0.0525. The van der Waals surface area contributed by atoms with Gasteiger partial charge >= 0.3 is 0 Å². The third-order valence-electron chi connectivity index (χ3n) is 3.15. The summed E-state index contributed by atoms with van der Waals surface area (Å²) in [7, 11) is 0. The standard InChI is InChI=1S/C15H11ClFNO2/c16-11-5-6-14-13(7-11)18(15(19)9-20-14)8-10-3-1-2-4-12(10)17/h1-7H,8-9H2. The molecule has 1 aliphatic heterocycles. The molecule has 0 saturated heterocycles. The SMILES string of the molecule is O=C1COc2ccc(Cl)cc2N1Cc1ccccc1F. The summed E-state index contributed by atoms with van der Waals surface area (Å²) >= 11 is 5.96. The Bertz CT molecular complexity index is 675. The zero-order valence-electron chi connectivity index (χ0n) is 10.5. The van der Waals surface area contributed by atoms with Crippen LogP contribution in [0, 0.1) is 5.82 Å². The summed E-state index contributed by atoms with van der Waals surface area (Å²) in [5.41, 5.74) is 1.02. The Kier molecular flexibility index (Phi) is 3.32. The summed E-state index contributed by atoms with van der Waals surface area (Å²) in [5, 5.41) is 0.501. The molecule has 20 heavy (non-hydrogen) atoms. The molecule has 1 heterocycles. The molecule has 0 unspecified atom stereocenters. The van der Waals surface area contributed by atoms with E-state index in [1.54, 1.807) is 36.4 Å². The number of carbonyl (C=O) groups is 1. The van der Waals surface area contributed by atoms with Crippen LogP contribution in [0.25, 0.3) is 0 Å².